The molecular weight excluding hydrogens is 244 g/mol. The largest absolute Gasteiger partial charge is 0.492 e. The maximum absolute atomic E-state index is 11.8. The number of anilines is 1. The number of nitrogen functional groups attached to an aromatic ring is 1. The van der Waals surface area contributed by atoms with Gasteiger partial charge in [-0.2, -0.15) is 0 Å². The van der Waals surface area contributed by atoms with Crippen LogP contribution in [0.4, 0.5) is 5.69 Å². The molecule has 0 bridgehead atoms. The maximum atomic E-state index is 11.8. The predicted octanol–water partition coefficient (Wildman–Crippen LogP) is 1.19. The van der Waals surface area contributed by atoms with E-state index in [0.29, 0.717) is 32.1 Å². The van der Waals surface area contributed by atoms with E-state index in [4.69, 9.17) is 15.2 Å². The fourth-order valence-electron chi connectivity index (χ4n) is 2.01. The highest BCUT2D eigenvalue weighted by molar-refractivity contribution is 5.78. The summed E-state index contributed by atoms with van der Waals surface area (Å²) in [7, 11) is 0. The Morgan fingerprint density at radius 2 is 2.00 bits per heavy atom. The van der Waals surface area contributed by atoms with Crippen LogP contribution in [0.5, 0.6) is 5.75 Å². The first-order valence-corrected chi connectivity index (χ1v) is 6.59. The van der Waals surface area contributed by atoms with Gasteiger partial charge in [0.15, 0.2) is 0 Å². The molecule has 0 aliphatic carbocycles. The number of nitrogens with two attached hydrogens (primary N) is 1. The second kappa shape index (κ2) is 6.99. The molecule has 1 aromatic rings. The molecule has 1 aliphatic heterocycles. The summed E-state index contributed by atoms with van der Waals surface area (Å²) in [5, 5.41) is 2.89. The van der Waals surface area contributed by atoms with Gasteiger partial charge >= 0.3 is 0 Å². The van der Waals surface area contributed by atoms with Crippen LogP contribution in [0.1, 0.15) is 12.8 Å². The topological polar surface area (TPSA) is 73.6 Å². The van der Waals surface area contributed by atoms with Crippen LogP contribution in [0, 0.1) is 5.92 Å². The van der Waals surface area contributed by atoms with E-state index < -0.39 is 0 Å². The van der Waals surface area contributed by atoms with Gasteiger partial charge in [0.1, 0.15) is 12.4 Å². The minimum Gasteiger partial charge on any atom is -0.492 e. The molecule has 0 radical (unpaired) electrons. The average Bonchev–Trinajstić information content (AvgIpc) is 2.46. The molecule has 104 valence electrons. The van der Waals surface area contributed by atoms with Gasteiger partial charge in [-0.15, -0.1) is 0 Å². The molecule has 0 saturated carbocycles. The number of hydrogen-bond acceptors (Lipinski definition) is 4. The van der Waals surface area contributed by atoms with Gasteiger partial charge in [0.25, 0.3) is 0 Å². The van der Waals surface area contributed by atoms with E-state index in [1.165, 1.54) is 0 Å². The van der Waals surface area contributed by atoms with Crippen LogP contribution < -0.4 is 15.8 Å². The number of carbonyl (C=O) groups is 1. The summed E-state index contributed by atoms with van der Waals surface area (Å²) >= 11 is 0. The Labute approximate surface area is 113 Å². The number of rotatable bonds is 5. The Hall–Kier alpha value is -1.75. The SMILES string of the molecule is Nc1ccc(OCCNC(=O)C2CCOCC2)cc1. The zero-order chi connectivity index (χ0) is 13.5. The molecule has 0 unspecified atom stereocenters. The van der Waals surface area contributed by atoms with Gasteiger partial charge < -0.3 is 20.5 Å². The van der Waals surface area contributed by atoms with Crippen LogP contribution in [-0.2, 0) is 9.53 Å². The second-order valence-electron chi connectivity index (χ2n) is 4.60. The zero-order valence-corrected chi connectivity index (χ0v) is 10.9. The third-order valence-electron chi connectivity index (χ3n) is 3.14. The molecule has 1 aromatic carbocycles. The lowest BCUT2D eigenvalue weighted by Crippen LogP contribution is -2.36. The Morgan fingerprint density at radius 3 is 2.68 bits per heavy atom. The van der Waals surface area contributed by atoms with Crippen molar-refractivity contribution in [3.63, 3.8) is 0 Å². The molecule has 1 aliphatic rings. The summed E-state index contributed by atoms with van der Waals surface area (Å²) in [6, 6.07) is 7.21. The number of ether oxygens (including phenoxy) is 2. The fraction of sp³-hybridized carbons (Fsp3) is 0.500. The van der Waals surface area contributed by atoms with Crippen LogP contribution in [0.3, 0.4) is 0 Å². The Kier molecular flexibility index (Phi) is 5.03. The summed E-state index contributed by atoms with van der Waals surface area (Å²) < 4.78 is 10.7. The van der Waals surface area contributed by atoms with Crippen LogP contribution in [0.15, 0.2) is 24.3 Å². The van der Waals surface area contributed by atoms with Gasteiger partial charge in [0.05, 0.1) is 6.54 Å². The predicted molar refractivity (Wildman–Crippen MR) is 72.9 cm³/mol. The third kappa shape index (κ3) is 4.44. The first-order valence-electron chi connectivity index (χ1n) is 6.59. The monoisotopic (exact) mass is 264 g/mol. The first-order chi connectivity index (χ1) is 9.25. The number of benzene rings is 1. The van der Waals surface area contributed by atoms with Crippen molar-refractivity contribution in [3.05, 3.63) is 24.3 Å². The van der Waals surface area contributed by atoms with E-state index in [1.54, 1.807) is 12.1 Å². The molecule has 1 heterocycles. The highest BCUT2D eigenvalue weighted by atomic mass is 16.5. The first kappa shape index (κ1) is 13.7. The Morgan fingerprint density at radius 1 is 1.32 bits per heavy atom. The van der Waals surface area contributed by atoms with Crippen molar-refractivity contribution in [2.24, 2.45) is 5.92 Å². The van der Waals surface area contributed by atoms with Crippen molar-refractivity contribution < 1.29 is 14.3 Å². The molecule has 2 rings (SSSR count). The quantitative estimate of drug-likeness (QED) is 0.619. The Bertz CT molecular complexity index is 400. The van der Waals surface area contributed by atoms with Crippen LogP contribution in [0.25, 0.3) is 0 Å². The number of amides is 1. The lowest BCUT2D eigenvalue weighted by Gasteiger charge is -2.21. The average molecular weight is 264 g/mol. The fourth-order valence-corrected chi connectivity index (χ4v) is 2.01. The minimum atomic E-state index is 0.0882. The molecule has 1 fully saturated rings. The number of hydrogen-bond donors (Lipinski definition) is 2. The van der Waals surface area contributed by atoms with Crippen LogP contribution in [0.2, 0.25) is 0 Å². The molecule has 0 spiro atoms. The lowest BCUT2D eigenvalue weighted by molar-refractivity contribution is -0.127. The van der Waals surface area contributed by atoms with Crippen molar-refractivity contribution >= 4 is 11.6 Å². The molecule has 19 heavy (non-hydrogen) atoms. The van der Waals surface area contributed by atoms with Gasteiger partial charge in [-0.05, 0) is 37.1 Å². The molecule has 5 heteroatoms. The summed E-state index contributed by atoms with van der Waals surface area (Å²) in [6.45, 7) is 2.33. The molecule has 0 atom stereocenters. The standard InChI is InChI=1S/C14H20N2O3/c15-12-1-3-13(4-2-12)19-10-7-16-14(17)11-5-8-18-9-6-11/h1-4,11H,5-10,15H2,(H,16,17). The van der Waals surface area contributed by atoms with Gasteiger partial charge in [-0.25, -0.2) is 0 Å². The Balaban J connectivity index is 1.63. The van der Waals surface area contributed by atoms with Gasteiger partial charge in [-0.1, -0.05) is 0 Å². The van der Waals surface area contributed by atoms with E-state index in [-0.39, 0.29) is 11.8 Å². The lowest BCUT2D eigenvalue weighted by atomic mass is 9.99. The van der Waals surface area contributed by atoms with E-state index in [1.807, 2.05) is 12.1 Å². The van der Waals surface area contributed by atoms with E-state index >= 15 is 0 Å². The van der Waals surface area contributed by atoms with Gasteiger partial charge in [0, 0.05) is 24.8 Å². The van der Waals surface area contributed by atoms with E-state index in [9.17, 15) is 4.79 Å². The van der Waals surface area contributed by atoms with E-state index in [0.717, 1.165) is 18.6 Å². The molecular formula is C14H20N2O3. The molecule has 1 saturated heterocycles. The molecule has 0 aromatic heterocycles. The van der Waals surface area contributed by atoms with E-state index in [2.05, 4.69) is 5.32 Å². The van der Waals surface area contributed by atoms with Crippen molar-refractivity contribution in [2.45, 2.75) is 12.8 Å². The highest BCUT2D eigenvalue weighted by Gasteiger charge is 2.20. The molecule has 5 nitrogen and oxygen atoms in total. The van der Waals surface area contributed by atoms with Crippen molar-refractivity contribution in [2.75, 3.05) is 32.1 Å². The maximum Gasteiger partial charge on any atom is 0.223 e. The van der Waals surface area contributed by atoms with Gasteiger partial charge in [0.2, 0.25) is 5.91 Å². The normalized spacial score (nSPS) is 16.0. The highest BCUT2D eigenvalue weighted by Crippen LogP contribution is 2.14. The minimum absolute atomic E-state index is 0.0882. The van der Waals surface area contributed by atoms with Gasteiger partial charge in [-0.3, -0.25) is 4.79 Å². The van der Waals surface area contributed by atoms with Crippen LogP contribution >= 0.6 is 0 Å². The van der Waals surface area contributed by atoms with Crippen molar-refractivity contribution in [1.82, 2.24) is 5.32 Å². The summed E-state index contributed by atoms with van der Waals surface area (Å²) in [6.07, 6.45) is 1.62. The van der Waals surface area contributed by atoms with Crippen molar-refractivity contribution in [3.8, 4) is 5.75 Å². The number of nitrogens with one attached hydrogen (secondary N) is 1. The van der Waals surface area contributed by atoms with Crippen molar-refractivity contribution in [1.29, 1.82) is 0 Å². The molecule has 1 amide bonds. The zero-order valence-electron chi connectivity index (χ0n) is 10.9. The number of carbonyl (C=O) groups excluding carboxylic acids is 1. The summed E-state index contributed by atoms with van der Waals surface area (Å²) in [5.41, 5.74) is 6.29. The summed E-state index contributed by atoms with van der Waals surface area (Å²) in [4.78, 5) is 11.8. The third-order valence-corrected chi connectivity index (χ3v) is 3.14. The van der Waals surface area contributed by atoms with Crippen LogP contribution in [-0.4, -0.2) is 32.3 Å². The molecule has 3 N–H and O–H groups in total. The second-order valence-corrected chi connectivity index (χ2v) is 4.60. The smallest absolute Gasteiger partial charge is 0.223 e. The summed E-state index contributed by atoms with van der Waals surface area (Å²) in [5.74, 6) is 0.948.